The van der Waals surface area contributed by atoms with E-state index in [9.17, 15) is 14.4 Å². The van der Waals surface area contributed by atoms with E-state index >= 15 is 0 Å². The molecule has 0 aliphatic rings. The molecule has 7 nitrogen and oxygen atoms in total. The van der Waals surface area contributed by atoms with Gasteiger partial charge in [0.1, 0.15) is 0 Å². The van der Waals surface area contributed by atoms with Crippen LogP contribution >= 0.6 is 15.9 Å². The zero-order chi connectivity index (χ0) is 19.2. The van der Waals surface area contributed by atoms with Crippen LogP contribution in [-0.2, 0) is 0 Å². The van der Waals surface area contributed by atoms with Crippen molar-refractivity contribution in [3.8, 4) is 0 Å². The summed E-state index contributed by atoms with van der Waals surface area (Å²) in [6, 6.07) is 14.0. The Balaban J connectivity index is 1.49. The molecule has 1 heterocycles. The van der Waals surface area contributed by atoms with Crippen LogP contribution in [0.1, 0.15) is 27.4 Å². The summed E-state index contributed by atoms with van der Waals surface area (Å²) in [5.41, 5.74) is 0.665. The van der Waals surface area contributed by atoms with Crippen molar-refractivity contribution in [3.05, 3.63) is 74.7 Å². The third-order valence-electron chi connectivity index (χ3n) is 3.87. The predicted octanol–water partition coefficient (Wildman–Crippen LogP) is 2.24. The molecule has 2 aromatic carbocycles. The molecule has 138 valence electrons. The van der Waals surface area contributed by atoms with Gasteiger partial charge in [0.15, 0.2) is 5.82 Å². The van der Waals surface area contributed by atoms with Crippen molar-refractivity contribution in [1.82, 2.24) is 20.6 Å². The first-order chi connectivity index (χ1) is 13.1. The summed E-state index contributed by atoms with van der Waals surface area (Å²) in [5, 5.41) is 5.91. The highest BCUT2D eigenvalue weighted by molar-refractivity contribution is 9.10. The maximum Gasteiger partial charge on any atom is 0.287 e. The Bertz CT molecular complexity index is 1050. The monoisotopic (exact) mass is 428 g/mol. The number of hydrogen-bond acceptors (Lipinski definition) is 4. The number of para-hydroxylation sites is 1. The number of H-pyrrole nitrogens is 1. The molecule has 0 spiro atoms. The molecule has 3 rings (SSSR count). The van der Waals surface area contributed by atoms with Crippen molar-refractivity contribution in [3.63, 3.8) is 0 Å². The minimum absolute atomic E-state index is 0.0315. The summed E-state index contributed by atoms with van der Waals surface area (Å²) in [5.74, 6) is -0.680. The van der Waals surface area contributed by atoms with Crippen LogP contribution < -0.4 is 16.2 Å². The number of carbonyl (C=O) groups is 2. The number of rotatable bonds is 6. The van der Waals surface area contributed by atoms with Crippen molar-refractivity contribution in [2.24, 2.45) is 0 Å². The Hall–Kier alpha value is -3.00. The van der Waals surface area contributed by atoms with Gasteiger partial charge in [-0.3, -0.25) is 14.4 Å². The Kier molecular flexibility index (Phi) is 5.97. The van der Waals surface area contributed by atoms with Gasteiger partial charge >= 0.3 is 0 Å². The van der Waals surface area contributed by atoms with Crippen molar-refractivity contribution >= 4 is 38.6 Å². The van der Waals surface area contributed by atoms with E-state index in [0.717, 1.165) is 4.47 Å². The lowest BCUT2D eigenvalue weighted by molar-refractivity contribution is 0.0942. The van der Waals surface area contributed by atoms with Crippen LogP contribution in [0.4, 0.5) is 0 Å². The highest BCUT2D eigenvalue weighted by atomic mass is 79.9. The molecule has 3 N–H and O–H groups in total. The summed E-state index contributed by atoms with van der Waals surface area (Å²) >= 11 is 3.33. The Morgan fingerprint density at radius 2 is 1.63 bits per heavy atom. The molecule has 27 heavy (non-hydrogen) atoms. The van der Waals surface area contributed by atoms with Crippen LogP contribution in [0.3, 0.4) is 0 Å². The van der Waals surface area contributed by atoms with Crippen molar-refractivity contribution in [1.29, 1.82) is 0 Å². The van der Waals surface area contributed by atoms with Gasteiger partial charge in [0.2, 0.25) is 0 Å². The van der Waals surface area contributed by atoms with Crippen molar-refractivity contribution < 1.29 is 9.59 Å². The second-order valence-corrected chi connectivity index (χ2v) is 6.63. The molecule has 2 amide bonds. The molecule has 0 aliphatic carbocycles. The first kappa shape index (κ1) is 18.8. The van der Waals surface area contributed by atoms with E-state index in [0.29, 0.717) is 36.0 Å². The SMILES string of the molecule is O=C(NCCCNC(=O)c1ccccc1Br)c1nc2ccccc2c(=O)[nH]1. The van der Waals surface area contributed by atoms with Gasteiger partial charge in [-0.25, -0.2) is 4.98 Å². The topological polar surface area (TPSA) is 104 Å². The molecule has 0 fully saturated rings. The van der Waals surface area contributed by atoms with E-state index in [1.54, 1.807) is 42.5 Å². The second-order valence-electron chi connectivity index (χ2n) is 5.78. The third-order valence-corrected chi connectivity index (χ3v) is 4.56. The van der Waals surface area contributed by atoms with Crippen LogP contribution in [0.2, 0.25) is 0 Å². The number of aromatic amines is 1. The summed E-state index contributed by atoms with van der Waals surface area (Å²) in [6.45, 7) is 0.744. The summed E-state index contributed by atoms with van der Waals surface area (Å²) in [4.78, 5) is 42.9. The summed E-state index contributed by atoms with van der Waals surface area (Å²) < 4.78 is 0.724. The first-order valence-corrected chi connectivity index (χ1v) is 9.15. The van der Waals surface area contributed by atoms with Gasteiger partial charge in [0.25, 0.3) is 17.4 Å². The van der Waals surface area contributed by atoms with E-state index in [1.165, 1.54) is 0 Å². The molecule has 8 heteroatoms. The van der Waals surface area contributed by atoms with Gasteiger partial charge in [0, 0.05) is 17.6 Å². The second kappa shape index (κ2) is 8.59. The van der Waals surface area contributed by atoms with Crippen molar-refractivity contribution in [2.75, 3.05) is 13.1 Å². The Morgan fingerprint density at radius 1 is 0.963 bits per heavy atom. The summed E-state index contributed by atoms with van der Waals surface area (Å²) in [6.07, 6.45) is 0.541. The van der Waals surface area contributed by atoms with Crippen LogP contribution in [0.25, 0.3) is 10.9 Å². The van der Waals surface area contributed by atoms with E-state index in [-0.39, 0.29) is 17.3 Å². The van der Waals surface area contributed by atoms with Gasteiger partial charge in [-0.2, -0.15) is 0 Å². The molecule has 0 saturated heterocycles. The zero-order valence-corrected chi connectivity index (χ0v) is 15.9. The van der Waals surface area contributed by atoms with E-state index in [1.807, 2.05) is 6.07 Å². The molecule has 0 unspecified atom stereocenters. The first-order valence-electron chi connectivity index (χ1n) is 8.36. The van der Waals surface area contributed by atoms with E-state index < -0.39 is 5.91 Å². The zero-order valence-electron chi connectivity index (χ0n) is 14.3. The Morgan fingerprint density at radius 3 is 2.41 bits per heavy atom. The Labute approximate surface area is 163 Å². The maximum absolute atomic E-state index is 12.2. The quantitative estimate of drug-likeness (QED) is 0.523. The van der Waals surface area contributed by atoms with Crippen LogP contribution in [0, 0.1) is 0 Å². The minimum atomic E-state index is -0.463. The molecule has 0 bridgehead atoms. The number of nitrogens with one attached hydrogen (secondary N) is 3. The summed E-state index contributed by atoms with van der Waals surface area (Å²) in [7, 11) is 0. The lowest BCUT2D eigenvalue weighted by Crippen LogP contribution is -2.31. The van der Waals surface area contributed by atoms with E-state index in [4.69, 9.17) is 0 Å². The normalized spacial score (nSPS) is 10.6. The van der Waals surface area contributed by atoms with Crippen LogP contribution in [0.15, 0.2) is 57.8 Å². The molecule has 0 atom stereocenters. The fourth-order valence-electron chi connectivity index (χ4n) is 2.51. The van der Waals surface area contributed by atoms with Crippen molar-refractivity contribution in [2.45, 2.75) is 6.42 Å². The number of hydrogen-bond donors (Lipinski definition) is 3. The number of amides is 2. The van der Waals surface area contributed by atoms with Gasteiger partial charge in [0.05, 0.1) is 16.5 Å². The smallest absolute Gasteiger partial charge is 0.287 e. The lowest BCUT2D eigenvalue weighted by Gasteiger charge is -2.08. The number of benzene rings is 2. The largest absolute Gasteiger partial charge is 0.352 e. The molecule has 1 aromatic heterocycles. The van der Waals surface area contributed by atoms with Crippen LogP contribution in [0.5, 0.6) is 0 Å². The number of halogens is 1. The lowest BCUT2D eigenvalue weighted by atomic mass is 10.2. The standard InChI is InChI=1S/C19H17BrN4O3/c20-14-8-3-1-6-12(14)17(25)21-10-5-11-22-19(27)16-23-15-9-4-2-7-13(15)18(26)24-16/h1-4,6-9H,5,10-11H2,(H,21,25)(H,22,27)(H,23,24,26). The molecular weight excluding hydrogens is 412 g/mol. The number of fused-ring (bicyclic) bond motifs is 1. The number of aromatic nitrogens is 2. The van der Waals surface area contributed by atoms with Gasteiger partial charge in [-0.15, -0.1) is 0 Å². The predicted molar refractivity (Wildman–Crippen MR) is 106 cm³/mol. The molecule has 3 aromatic rings. The van der Waals surface area contributed by atoms with Crippen LogP contribution in [-0.4, -0.2) is 34.9 Å². The average Bonchev–Trinajstić information content (AvgIpc) is 2.67. The van der Waals surface area contributed by atoms with Gasteiger partial charge in [-0.1, -0.05) is 24.3 Å². The highest BCUT2D eigenvalue weighted by Crippen LogP contribution is 2.15. The third kappa shape index (κ3) is 4.59. The molecule has 0 aliphatic heterocycles. The minimum Gasteiger partial charge on any atom is -0.352 e. The highest BCUT2D eigenvalue weighted by Gasteiger charge is 2.11. The van der Waals surface area contributed by atoms with E-state index in [2.05, 4.69) is 36.5 Å². The average molecular weight is 429 g/mol. The number of nitrogens with zero attached hydrogens (tertiary/aromatic N) is 1. The maximum atomic E-state index is 12.2. The molecule has 0 saturated carbocycles. The van der Waals surface area contributed by atoms with Gasteiger partial charge < -0.3 is 15.6 Å². The fourth-order valence-corrected chi connectivity index (χ4v) is 2.98. The molecular formula is C19H17BrN4O3. The van der Waals surface area contributed by atoms with Gasteiger partial charge in [-0.05, 0) is 46.6 Å². The number of carbonyl (C=O) groups excluding carboxylic acids is 2. The fraction of sp³-hybridized carbons (Fsp3) is 0.158. The molecule has 0 radical (unpaired) electrons.